The Kier molecular flexibility index (Phi) is 6.02. The van der Waals surface area contributed by atoms with Crippen molar-refractivity contribution in [2.75, 3.05) is 44.3 Å². The van der Waals surface area contributed by atoms with E-state index in [0.717, 1.165) is 39.2 Å². The van der Waals surface area contributed by atoms with E-state index in [1.807, 2.05) is 0 Å². The number of hydrogen-bond donors (Lipinski definition) is 2. The average molecular weight is 374 g/mol. The number of aliphatic hydroxyl groups excluding tert-OH is 1. The van der Waals surface area contributed by atoms with Crippen LogP contribution in [0, 0.1) is 13.8 Å². The van der Waals surface area contributed by atoms with Gasteiger partial charge in [0.1, 0.15) is 0 Å². The second-order valence-electron chi connectivity index (χ2n) is 8.66. The molecule has 2 N–H and O–H groups in total. The predicted molar refractivity (Wildman–Crippen MR) is 109 cm³/mol. The molecule has 0 aliphatic carbocycles. The van der Waals surface area contributed by atoms with Crippen LogP contribution in [0.5, 0.6) is 0 Å². The van der Waals surface area contributed by atoms with E-state index < -0.39 is 0 Å². The number of anilines is 1. The summed E-state index contributed by atoms with van der Waals surface area (Å²) in [7, 11) is 0. The van der Waals surface area contributed by atoms with Gasteiger partial charge in [0.25, 0.3) is 0 Å². The van der Waals surface area contributed by atoms with E-state index in [0.29, 0.717) is 18.1 Å². The molecular formula is C22H35N3O2. The molecule has 0 amide bonds. The Labute approximate surface area is 163 Å². The average Bonchev–Trinajstić information content (AvgIpc) is 3.06. The van der Waals surface area contributed by atoms with Crippen LogP contribution in [0.15, 0.2) is 18.2 Å². The van der Waals surface area contributed by atoms with Gasteiger partial charge in [-0.15, -0.1) is 0 Å². The SMILES string of the molecule is Cc1cccc(N2CCC(N[C@H]3C[C@H]4CO[C@@H](CCO)CN4C3)CC2)c1C. The van der Waals surface area contributed by atoms with Crippen LogP contribution in [0.3, 0.4) is 0 Å². The molecule has 0 spiro atoms. The lowest BCUT2D eigenvalue weighted by molar-refractivity contribution is -0.0567. The summed E-state index contributed by atoms with van der Waals surface area (Å²) < 4.78 is 5.92. The lowest BCUT2D eigenvalue weighted by atomic mass is 10.0. The third kappa shape index (κ3) is 4.32. The number of benzene rings is 1. The van der Waals surface area contributed by atoms with Crippen molar-refractivity contribution in [3.8, 4) is 0 Å². The highest BCUT2D eigenvalue weighted by molar-refractivity contribution is 5.56. The molecule has 3 fully saturated rings. The standard InChI is InChI=1S/C22H35N3O2/c1-16-4-3-5-22(17(16)2)24-9-6-18(7-10-24)23-19-12-20-15-27-21(8-11-26)14-25(20)13-19/h3-5,18-21,23,26H,6-15H2,1-2H3/t19-,20-,21-/m0/s1. The molecule has 5 heteroatoms. The van der Waals surface area contributed by atoms with Gasteiger partial charge >= 0.3 is 0 Å². The normalized spacial score (nSPS) is 29.9. The zero-order chi connectivity index (χ0) is 18.8. The summed E-state index contributed by atoms with van der Waals surface area (Å²) in [5.74, 6) is 0. The van der Waals surface area contributed by atoms with E-state index in [1.165, 1.54) is 36.1 Å². The van der Waals surface area contributed by atoms with E-state index in [2.05, 4.69) is 47.2 Å². The van der Waals surface area contributed by atoms with Gasteiger partial charge in [-0.3, -0.25) is 4.90 Å². The third-order valence-corrected chi connectivity index (χ3v) is 6.82. The highest BCUT2D eigenvalue weighted by Crippen LogP contribution is 2.28. The Balaban J connectivity index is 1.26. The lowest BCUT2D eigenvalue weighted by Crippen LogP contribution is -2.48. The van der Waals surface area contributed by atoms with E-state index >= 15 is 0 Å². The fourth-order valence-corrected chi connectivity index (χ4v) is 5.08. The third-order valence-electron chi connectivity index (χ3n) is 6.82. The Morgan fingerprint density at radius 1 is 1.15 bits per heavy atom. The van der Waals surface area contributed by atoms with E-state index in [-0.39, 0.29) is 12.7 Å². The van der Waals surface area contributed by atoms with Crippen molar-refractivity contribution in [1.29, 1.82) is 0 Å². The molecule has 0 radical (unpaired) electrons. The zero-order valence-electron chi connectivity index (χ0n) is 16.9. The van der Waals surface area contributed by atoms with E-state index in [4.69, 9.17) is 9.84 Å². The van der Waals surface area contributed by atoms with Crippen molar-refractivity contribution in [2.45, 2.75) is 63.8 Å². The first-order valence-corrected chi connectivity index (χ1v) is 10.7. The molecule has 0 aromatic heterocycles. The maximum absolute atomic E-state index is 9.15. The number of rotatable bonds is 5. The summed E-state index contributed by atoms with van der Waals surface area (Å²) in [5, 5.41) is 13.1. The van der Waals surface area contributed by atoms with Gasteiger partial charge in [-0.2, -0.15) is 0 Å². The minimum atomic E-state index is 0.214. The minimum absolute atomic E-state index is 0.214. The quantitative estimate of drug-likeness (QED) is 0.828. The number of morpholine rings is 1. The van der Waals surface area contributed by atoms with Crippen molar-refractivity contribution < 1.29 is 9.84 Å². The number of nitrogens with zero attached hydrogens (tertiary/aromatic N) is 2. The number of nitrogens with one attached hydrogen (secondary N) is 1. The van der Waals surface area contributed by atoms with Crippen molar-refractivity contribution in [1.82, 2.24) is 10.2 Å². The Bertz CT molecular complexity index is 630. The van der Waals surface area contributed by atoms with Crippen LogP contribution in [0.2, 0.25) is 0 Å². The Morgan fingerprint density at radius 2 is 1.96 bits per heavy atom. The summed E-state index contributed by atoms with van der Waals surface area (Å²) >= 11 is 0. The molecule has 150 valence electrons. The van der Waals surface area contributed by atoms with Gasteiger partial charge < -0.3 is 20.1 Å². The summed E-state index contributed by atoms with van der Waals surface area (Å²) in [4.78, 5) is 5.14. The molecule has 3 aliphatic heterocycles. The van der Waals surface area contributed by atoms with Crippen molar-refractivity contribution in [3.05, 3.63) is 29.3 Å². The predicted octanol–water partition coefficient (Wildman–Crippen LogP) is 2.09. The van der Waals surface area contributed by atoms with Gasteiger partial charge in [-0.1, -0.05) is 12.1 Å². The molecule has 27 heavy (non-hydrogen) atoms. The number of fused-ring (bicyclic) bond motifs is 1. The Hall–Kier alpha value is -1.14. The molecule has 0 saturated carbocycles. The van der Waals surface area contributed by atoms with Gasteiger partial charge in [0.2, 0.25) is 0 Å². The molecule has 0 bridgehead atoms. The lowest BCUT2D eigenvalue weighted by Gasteiger charge is -2.36. The number of ether oxygens (including phenoxy) is 1. The van der Waals surface area contributed by atoms with Crippen molar-refractivity contribution >= 4 is 5.69 Å². The zero-order valence-corrected chi connectivity index (χ0v) is 16.9. The maximum atomic E-state index is 9.15. The number of aryl methyl sites for hydroxylation is 1. The highest BCUT2D eigenvalue weighted by atomic mass is 16.5. The molecule has 1 aromatic carbocycles. The topological polar surface area (TPSA) is 48.0 Å². The van der Waals surface area contributed by atoms with Gasteiger partial charge in [0.15, 0.2) is 0 Å². The molecular weight excluding hydrogens is 338 g/mol. The molecule has 3 aliphatic rings. The molecule has 5 nitrogen and oxygen atoms in total. The van der Waals surface area contributed by atoms with E-state index in [1.54, 1.807) is 0 Å². The largest absolute Gasteiger partial charge is 0.396 e. The van der Waals surface area contributed by atoms with Crippen LogP contribution in [0.1, 0.15) is 36.8 Å². The summed E-state index contributed by atoms with van der Waals surface area (Å²) in [5.41, 5.74) is 4.23. The fraction of sp³-hybridized carbons (Fsp3) is 0.727. The fourth-order valence-electron chi connectivity index (χ4n) is 5.08. The molecule has 4 rings (SSSR count). The first-order valence-electron chi connectivity index (χ1n) is 10.7. The first-order chi connectivity index (χ1) is 13.1. The summed E-state index contributed by atoms with van der Waals surface area (Å²) in [6.07, 6.45) is 4.61. The molecule has 0 unspecified atom stereocenters. The van der Waals surface area contributed by atoms with Crippen LogP contribution in [-0.4, -0.2) is 73.6 Å². The van der Waals surface area contributed by atoms with Gasteiger partial charge in [0, 0.05) is 56.6 Å². The number of hydrogen-bond acceptors (Lipinski definition) is 5. The summed E-state index contributed by atoms with van der Waals surface area (Å²) in [6.45, 7) is 9.90. The molecule has 1 aromatic rings. The highest BCUT2D eigenvalue weighted by Gasteiger charge is 2.38. The van der Waals surface area contributed by atoms with Gasteiger partial charge in [-0.05, 0) is 56.7 Å². The smallest absolute Gasteiger partial charge is 0.0724 e. The van der Waals surface area contributed by atoms with E-state index in [9.17, 15) is 0 Å². The summed E-state index contributed by atoms with van der Waals surface area (Å²) in [6, 6.07) is 8.44. The van der Waals surface area contributed by atoms with Crippen LogP contribution < -0.4 is 10.2 Å². The second kappa shape index (κ2) is 8.48. The molecule has 3 saturated heterocycles. The first kappa shape index (κ1) is 19.2. The molecule has 3 atom stereocenters. The van der Waals surface area contributed by atoms with Crippen molar-refractivity contribution in [2.24, 2.45) is 0 Å². The van der Waals surface area contributed by atoms with Crippen LogP contribution in [0.25, 0.3) is 0 Å². The monoisotopic (exact) mass is 373 g/mol. The van der Waals surface area contributed by atoms with Gasteiger partial charge in [-0.25, -0.2) is 0 Å². The second-order valence-corrected chi connectivity index (χ2v) is 8.66. The van der Waals surface area contributed by atoms with Gasteiger partial charge in [0.05, 0.1) is 12.7 Å². The number of aliphatic hydroxyl groups is 1. The maximum Gasteiger partial charge on any atom is 0.0724 e. The van der Waals surface area contributed by atoms with Crippen LogP contribution in [-0.2, 0) is 4.74 Å². The van der Waals surface area contributed by atoms with Crippen molar-refractivity contribution in [3.63, 3.8) is 0 Å². The number of piperidine rings is 1. The Morgan fingerprint density at radius 3 is 2.74 bits per heavy atom. The van der Waals surface area contributed by atoms with Crippen LogP contribution in [0.4, 0.5) is 5.69 Å². The minimum Gasteiger partial charge on any atom is -0.396 e. The van der Waals surface area contributed by atoms with Crippen LogP contribution >= 0.6 is 0 Å². The molecule has 3 heterocycles.